The molecule has 1 aromatic rings. The summed E-state index contributed by atoms with van der Waals surface area (Å²) >= 11 is 0. The zero-order valence-corrected chi connectivity index (χ0v) is 10.8. The molecule has 6 heteroatoms. The second-order valence-corrected chi connectivity index (χ2v) is 4.36. The van der Waals surface area contributed by atoms with Gasteiger partial charge in [-0.3, -0.25) is 4.79 Å². The lowest BCUT2D eigenvalue weighted by Gasteiger charge is -2.14. The third kappa shape index (κ3) is 5.21. The molecule has 0 bridgehead atoms. The number of carbonyl (C=O) groups is 1. The molecule has 1 atom stereocenters. The third-order valence-electron chi connectivity index (χ3n) is 2.48. The van der Waals surface area contributed by atoms with E-state index in [9.17, 15) is 18.7 Å². The Bertz CT molecular complexity index is 407. The van der Waals surface area contributed by atoms with Crippen LogP contribution in [0, 0.1) is 5.92 Å². The van der Waals surface area contributed by atoms with Crippen LogP contribution in [0.4, 0.5) is 8.78 Å². The van der Waals surface area contributed by atoms with Crippen molar-refractivity contribution in [1.29, 1.82) is 0 Å². The number of aliphatic hydroxyl groups is 1. The maximum absolute atomic E-state index is 11.9. The number of aliphatic hydroxyl groups excluding tert-OH is 1. The molecular formula is C13H17F2NO3. The number of rotatable bonds is 6. The summed E-state index contributed by atoms with van der Waals surface area (Å²) in [7, 11) is 0. The van der Waals surface area contributed by atoms with Crippen LogP contribution in [0.5, 0.6) is 5.75 Å². The second-order valence-electron chi connectivity index (χ2n) is 4.36. The molecule has 0 saturated heterocycles. The maximum Gasteiger partial charge on any atom is 0.387 e. The highest BCUT2D eigenvalue weighted by Gasteiger charge is 2.12. The number of ether oxygens (including phenoxy) is 1. The molecule has 1 rings (SSSR count). The van der Waals surface area contributed by atoms with Crippen LogP contribution in [0.15, 0.2) is 24.3 Å². The van der Waals surface area contributed by atoms with Crippen molar-refractivity contribution in [1.82, 2.24) is 5.32 Å². The molecular weight excluding hydrogens is 256 g/mol. The van der Waals surface area contributed by atoms with Crippen molar-refractivity contribution in [2.24, 2.45) is 5.92 Å². The Morgan fingerprint density at radius 3 is 2.37 bits per heavy atom. The first-order chi connectivity index (χ1) is 8.90. The summed E-state index contributed by atoms with van der Waals surface area (Å²) in [5.74, 6) is -0.289. The minimum Gasteiger partial charge on any atom is -0.435 e. The van der Waals surface area contributed by atoms with E-state index in [-0.39, 0.29) is 24.1 Å². The molecule has 1 unspecified atom stereocenters. The van der Waals surface area contributed by atoms with Gasteiger partial charge in [-0.25, -0.2) is 0 Å². The lowest BCUT2D eigenvalue weighted by atomic mass is 10.1. The number of nitrogens with one attached hydrogen (secondary N) is 1. The normalized spacial score (nSPS) is 12.6. The summed E-state index contributed by atoms with van der Waals surface area (Å²) in [5, 5.41) is 12.4. The Kier molecular flexibility index (Phi) is 5.69. The number of amides is 1. The van der Waals surface area contributed by atoms with Crippen molar-refractivity contribution in [3.63, 3.8) is 0 Å². The SMILES string of the molecule is CC(C)C(=O)NCC(O)c1ccc(OC(F)F)cc1. The van der Waals surface area contributed by atoms with Crippen molar-refractivity contribution in [3.8, 4) is 5.75 Å². The van der Waals surface area contributed by atoms with Crippen molar-refractivity contribution >= 4 is 5.91 Å². The topological polar surface area (TPSA) is 58.6 Å². The molecule has 0 heterocycles. The summed E-state index contributed by atoms with van der Waals surface area (Å²) in [6.07, 6.45) is -0.886. The number of alkyl halides is 2. The molecule has 0 aliphatic carbocycles. The van der Waals surface area contributed by atoms with Gasteiger partial charge in [0.05, 0.1) is 6.10 Å². The number of benzene rings is 1. The van der Waals surface area contributed by atoms with Crippen LogP contribution in [-0.2, 0) is 4.79 Å². The van der Waals surface area contributed by atoms with Crippen molar-refractivity contribution in [2.45, 2.75) is 26.6 Å². The average molecular weight is 273 g/mol. The van der Waals surface area contributed by atoms with Crippen LogP contribution in [-0.4, -0.2) is 24.2 Å². The van der Waals surface area contributed by atoms with E-state index in [2.05, 4.69) is 10.1 Å². The lowest BCUT2D eigenvalue weighted by Crippen LogP contribution is -2.31. The molecule has 19 heavy (non-hydrogen) atoms. The van der Waals surface area contributed by atoms with Crippen LogP contribution < -0.4 is 10.1 Å². The van der Waals surface area contributed by atoms with Crippen molar-refractivity contribution in [2.75, 3.05) is 6.54 Å². The van der Waals surface area contributed by atoms with Crippen LogP contribution in [0.25, 0.3) is 0 Å². The quantitative estimate of drug-likeness (QED) is 0.834. The Morgan fingerprint density at radius 2 is 1.89 bits per heavy atom. The van der Waals surface area contributed by atoms with Gasteiger partial charge in [-0.05, 0) is 17.7 Å². The molecule has 0 radical (unpaired) electrons. The average Bonchev–Trinajstić information content (AvgIpc) is 2.35. The Hall–Kier alpha value is -1.69. The van der Waals surface area contributed by atoms with Gasteiger partial charge in [-0.2, -0.15) is 8.78 Å². The number of hydrogen-bond donors (Lipinski definition) is 2. The van der Waals surface area contributed by atoms with Crippen LogP contribution in [0.2, 0.25) is 0 Å². The van der Waals surface area contributed by atoms with E-state index < -0.39 is 12.7 Å². The van der Waals surface area contributed by atoms with E-state index >= 15 is 0 Å². The van der Waals surface area contributed by atoms with E-state index in [0.29, 0.717) is 5.56 Å². The minimum atomic E-state index is -2.87. The van der Waals surface area contributed by atoms with E-state index in [1.165, 1.54) is 24.3 Å². The van der Waals surface area contributed by atoms with Crippen molar-refractivity contribution < 1.29 is 23.4 Å². The molecule has 0 spiro atoms. The fraction of sp³-hybridized carbons (Fsp3) is 0.462. The van der Waals surface area contributed by atoms with E-state index in [0.717, 1.165) is 0 Å². The van der Waals surface area contributed by atoms with Crippen LogP contribution >= 0.6 is 0 Å². The fourth-order valence-corrected chi connectivity index (χ4v) is 1.39. The monoisotopic (exact) mass is 273 g/mol. The van der Waals surface area contributed by atoms with E-state index in [4.69, 9.17) is 0 Å². The van der Waals surface area contributed by atoms with Gasteiger partial charge in [0.15, 0.2) is 0 Å². The summed E-state index contributed by atoms with van der Waals surface area (Å²) in [5.41, 5.74) is 0.519. The fourth-order valence-electron chi connectivity index (χ4n) is 1.39. The molecule has 4 nitrogen and oxygen atoms in total. The number of halogens is 2. The number of carbonyl (C=O) groups excluding carboxylic acids is 1. The van der Waals surface area contributed by atoms with Gasteiger partial charge in [-0.1, -0.05) is 26.0 Å². The van der Waals surface area contributed by atoms with Crippen LogP contribution in [0.1, 0.15) is 25.5 Å². The lowest BCUT2D eigenvalue weighted by molar-refractivity contribution is -0.124. The summed E-state index contributed by atoms with van der Waals surface area (Å²) in [6, 6.07) is 5.64. The highest BCUT2D eigenvalue weighted by atomic mass is 19.3. The smallest absolute Gasteiger partial charge is 0.387 e. The maximum atomic E-state index is 11.9. The standard InChI is InChI=1S/C13H17F2NO3/c1-8(2)12(18)16-7-11(17)9-3-5-10(6-4-9)19-13(14)15/h3-6,8,11,13,17H,7H2,1-2H3,(H,16,18). The highest BCUT2D eigenvalue weighted by Crippen LogP contribution is 2.19. The predicted molar refractivity (Wildman–Crippen MR) is 65.9 cm³/mol. The zero-order chi connectivity index (χ0) is 14.4. The molecule has 2 N–H and O–H groups in total. The molecule has 0 saturated carbocycles. The Labute approximate surface area is 110 Å². The highest BCUT2D eigenvalue weighted by molar-refractivity contribution is 5.77. The molecule has 106 valence electrons. The van der Waals surface area contributed by atoms with Gasteiger partial charge in [0.25, 0.3) is 0 Å². The molecule has 0 fully saturated rings. The minimum absolute atomic E-state index is 0.0252. The summed E-state index contributed by atoms with van der Waals surface area (Å²) < 4.78 is 28.1. The van der Waals surface area contributed by atoms with Crippen molar-refractivity contribution in [3.05, 3.63) is 29.8 Å². The third-order valence-corrected chi connectivity index (χ3v) is 2.48. The van der Waals surface area contributed by atoms with Gasteiger partial charge in [0, 0.05) is 12.5 Å². The second kappa shape index (κ2) is 7.04. The first-order valence-electron chi connectivity index (χ1n) is 5.90. The number of hydrogen-bond acceptors (Lipinski definition) is 3. The molecule has 0 aliphatic heterocycles. The molecule has 1 aromatic carbocycles. The summed E-state index contributed by atoms with van der Waals surface area (Å²) in [6.45, 7) is 0.698. The largest absolute Gasteiger partial charge is 0.435 e. The zero-order valence-electron chi connectivity index (χ0n) is 10.8. The van der Waals surface area contributed by atoms with Gasteiger partial charge >= 0.3 is 6.61 Å². The van der Waals surface area contributed by atoms with Crippen LogP contribution in [0.3, 0.4) is 0 Å². The molecule has 0 aromatic heterocycles. The first kappa shape index (κ1) is 15.4. The van der Waals surface area contributed by atoms with Gasteiger partial charge in [-0.15, -0.1) is 0 Å². The van der Waals surface area contributed by atoms with E-state index in [1.54, 1.807) is 13.8 Å². The summed E-state index contributed by atoms with van der Waals surface area (Å²) in [4.78, 5) is 11.3. The first-order valence-corrected chi connectivity index (χ1v) is 5.90. The molecule has 1 amide bonds. The Morgan fingerprint density at radius 1 is 1.32 bits per heavy atom. The van der Waals surface area contributed by atoms with Gasteiger partial charge in [0.1, 0.15) is 5.75 Å². The predicted octanol–water partition coefficient (Wildman–Crippen LogP) is 2.09. The van der Waals surface area contributed by atoms with E-state index in [1.807, 2.05) is 0 Å². The van der Waals surface area contributed by atoms with Gasteiger partial charge in [0.2, 0.25) is 5.91 Å². The molecule has 0 aliphatic rings. The van der Waals surface area contributed by atoms with Gasteiger partial charge < -0.3 is 15.2 Å². The Balaban J connectivity index is 2.53.